The number of nitrogens with one attached hydrogen (secondary N) is 1. The van der Waals surface area contributed by atoms with Crippen LogP contribution < -0.4 is 5.32 Å². The Kier molecular flexibility index (Phi) is 5.58. The molecule has 2 N–H and O–H groups in total. The number of likely N-dealkylation sites (tertiary alicyclic amines) is 1. The van der Waals surface area contributed by atoms with Gasteiger partial charge in [0.2, 0.25) is 0 Å². The van der Waals surface area contributed by atoms with Crippen LogP contribution in [0.3, 0.4) is 0 Å². The monoisotopic (exact) mass is 343 g/mol. The average molecular weight is 343 g/mol. The number of hydrogen-bond donors (Lipinski definition) is 2. The Morgan fingerprint density at radius 3 is 2.68 bits per heavy atom. The van der Waals surface area contributed by atoms with Gasteiger partial charge in [0.1, 0.15) is 5.75 Å². The number of nitrogens with zero attached hydrogens (tertiary/aromatic N) is 2. The van der Waals surface area contributed by atoms with Crippen molar-refractivity contribution in [1.29, 1.82) is 0 Å². The molecule has 1 aliphatic rings. The Hall–Kier alpha value is -2.50. The number of amides is 2. The first kappa shape index (κ1) is 17.3. The standard InChI is InChI=1S/C19H25N3O3/c1-14-12-18(25-21-14)13-20-19(24)22-10-8-16(9-11-22)3-2-15-4-6-17(23)7-5-15/h4-7,12,16,23H,2-3,8-11,13H2,1H3,(H,20,24). The topological polar surface area (TPSA) is 78.6 Å². The Morgan fingerprint density at radius 2 is 2.04 bits per heavy atom. The summed E-state index contributed by atoms with van der Waals surface area (Å²) in [6.45, 7) is 3.82. The maximum Gasteiger partial charge on any atom is 0.317 e. The molecule has 0 aliphatic carbocycles. The third-order valence-corrected chi connectivity index (χ3v) is 4.77. The van der Waals surface area contributed by atoms with Gasteiger partial charge in [-0.1, -0.05) is 17.3 Å². The zero-order chi connectivity index (χ0) is 17.6. The second-order valence-corrected chi connectivity index (χ2v) is 6.73. The maximum absolute atomic E-state index is 12.2. The molecule has 3 rings (SSSR count). The second kappa shape index (κ2) is 8.05. The van der Waals surface area contributed by atoms with Crippen molar-refractivity contribution < 1.29 is 14.4 Å². The number of benzene rings is 1. The second-order valence-electron chi connectivity index (χ2n) is 6.73. The zero-order valence-electron chi connectivity index (χ0n) is 14.6. The molecule has 0 unspecified atom stereocenters. The van der Waals surface area contributed by atoms with Crippen LogP contribution in [0.5, 0.6) is 5.75 Å². The summed E-state index contributed by atoms with van der Waals surface area (Å²) in [5, 5.41) is 16.0. The van der Waals surface area contributed by atoms with Gasteiger partial charge < -0.3 is 19.8 Å². The van der Waals surface area contributed by atoms with Crippen LogP contribution in [0.25, 0.3) is 0 Å². The Balaban J connectivity index is 1.37. The lowest BCUT2D eigenvalue weighted by Gasteiger charge is -2.32. The number of phenols is 1. The summed E-state index contributed by atoms with van der Waals surface area (Å²) >= 11 is 0. The fourth-order valence-electron chi connectivity index (χ4n) is 3.23. The largest absolute Gasteiger partial charge is 0.508 e. The summed E-state index contributed by atoms with van der Waals surface area (Å²) < 4.78 is 5.10. The van der Waals surface area contributed by atoms with E-state index in [2.05, 4.69) is 10.5 Å². The maximum atomic E-state index is 12.2. The van der Waals surface area contributed by atoms with Crippen LogP contribution in [0.15, 0.2) is 34.9 Å². The highest BCUT2D eigenvalue weighted by Crippen LogP contribution is 2.23. The molecule has 6 heteroatoms. The van der Waals surface area contributed by atoms with Crippen LogP contribution in [0.2, 0.25) is 0 Å². The minimum absolute atomic E-state index is 0.0361. The van der Waals surface area contributed by atoms with Crippen LogP contribution in [-0.4, -0.2) is 34.3 Å². The number of rotatable bonds is 5. The molecule has 134 valence electrons. The fourth-order valence-corrected chi connectivity index (χ4v) is 3.23. The number of aryl methyl sites for hydroxylation is 2. The van der Waals surface area contributed by atoms with E-state index < -0.39 is 0 Å². The van der Waals surface area contributed by atoms with Gasteiger partial charge in [-0.2, -0.15) is 0 Å². The predicted octanol–water partition coefficient (Wildman–Crippen LogP) is 3.24. The number of aromatic nitrogens is 1. The molecule has 2 amide bonds. The van der Waals surface area contributed by atoms with E-state index in [1.807, 2.05) is 30.0 Å². The van der Waals surface area contributed by atoms with Gasteiger partial charge in [0.25, 0.3) is 0 Å². The quantitative estimate of drug-likeness (QED) is 0.873. The third kappa shape index (κ3) is 4.98. The Bertz CT molecular complexity index is 688. The van der Waals surface area contributed by atoms with Crippen molar-refractivity contribution in [2.75, 3.05) is 13.1 Å². The molecular weight excluding hydrogens is 318 g/mol. The van der Waals surface area contributed by atoms with Crippen LogP contribution in [0, 0.1) is 12.8 Å². The van der Waals surface area contributed by atoms with Gasteiger partial charge >= 0.3 is 6.03 Å². The summed E-state index contributed by atoms with van der Waals surface area (Å²) in [6, 6.07) is 9.21. The Morgan fingerprint density at radius 1 is 1.32 bits per heavy atom. The van der Waals surface area contributed by atoms with E-state index in [1.165, 1.54) is 5.56 Å². The van der Waals surface area contributed by atoms with Gasteiger partial charge in [0, 0.05) is 19.2 Å². The molecule has 0 atom stereocenters. The van der Waals surface area contributed by atoms with E-state index in [0.29, 0.717) is 24.0 Å². The molecule has 6 nitrogen and oxygen atoms in total. The lowest BCUT2D eigenvalue weighted by atomic mass is 9.90. The normalized spacial score (nSPS) is 15.3. The number of urea groups is 1. The van der Waals surface area contributed by atoms with Gasteiger partial charge in [-0.25, -0.2) is 4.79 Å². The first-order chi connectivity index (χ1) is 12.1. The van der Waals surface area contributed by atoms with Crippen molar-refractivity contribution in [3.63, 3.8) is 0 Å². The molecule has 2 aromatic rings. The van der Waals surface area contributed by atoms with Gasteiger partial charge in [-0.05, 0) is 56.2 Å². The van der Waals surface area contributed by atoms with Crippen molar-refractivity contribution in [1.82, 2.24) is 15.4 Å². The molecule has 0 spiro atoms. The first-order valence-electron chi connectivity index (χ1n) is 8.83. The van der Waals surface area contributed by atoms with Crippen LogP contribution in [0.1, 0.15) is 36.3 Å². The number of hydrogen-bond acceptors (Lipinski definition) is 4. The Labute approximate surface area is 147 Å². The molecule has 1 aromatic heterocycles. The molecule has 0 saturated carbocycles. The molecule has 0 radical (unpaired) electrons. The van der Waals surface area contributed by atoms with Gasteiger partial charge in [-0.3, -0.25) is 0 Å². The average Bonchev–Trinajstić information content (AvgIpc) is 3.05. The van der Waals surface area contributed by atoms with Crippen molar-refractivity contribution in [3.05, 3.63) is 47.3 Å². The molecule has 0 bridgehead atoms. The van der Waals surface area contributed by atoms with Crippen molar-refractivity contribution >= 4 is 6.03 Å². The first-order valence-corrected chi connectivity index (χ1v) is 8.83. The summed E-state index contributed by atoms with van der Waals surface area (Å²) in [5.41, 5.74) is 2.07. The van der Waals surface area contributed by atoms with Crippen molar-refractivity contribution in [2.24, 2.45) is 5.92 Å². The van der Waals surface area contributed by atoms with Crippen molar-refractivity contribution in [2.45, 2.75) is 39.2 Å². The number of phenolic OH excluding ortho intramolecular Hbond substituents is 1. The summed E-state index contributed by atoms with van der Waals surface area (Å²) in [6.07, 6.45) is 4.21. The SMILES string of the molecule is Cc1cc(CNC(=O)N2CCC(CCc3ccc(O)cc3)CC2)on1. The highest BCUT2D eigenvalue weighted by atomic mass is 16.5. The lowest BCUT2D eigenvalue weighted by molar-refractivity contribution is 0.167. The van der Waals surface area contributed by atoms with Gasteiger partial charge in [-0.15, -0.1) is 0 Å². The van der Waals surface area contributed by atoms with Gasteiger partial charge in [0.15, 0.2) is 5.76 Å². The van der Waals surface area contributed by atoms with E-state index >= 15 is 0 Å². The summed E-state index contributed by atoms with van der Waals surface area (Å²) in [5.74, 6) is 1.63. The highest BCUT2D eigenvalue weighted by molar-refractivity contribution is 5.74. The molecule has 25 heavy (non-hydrogen) atoms. The number of carbonyl (C=O) groups excluding carboxylic acids is 1. The van der Waals surface area contributed by atoms with Crippen molar-refractivity contribution in [3.8, 4) is 5.75 Å². The van der Waals surface area contributed by atoms with E-state index in [9.17, 15) is 9.90 Å². The van der Waals surface area contributed by atoms with Gasteiger partial charge in [0.05, 0.1) is 12.2 Å². The molecule has 1 aromatic carbocycles. The predicted molar refractivity (Wildman–Crippen MR) is 94.2 cm³/mol. The molecule has 1 fully saturated rings. The van der Waals surface area contributed by atoms with Crippen LogP contribution in [0.4, 0.5) is 4.79 Å². The minimum atomic E-state index is -0.0361. The molecular formula is C19H25N3O3. The lowest BCUT2D eigenvalue weighted by Crippen LogP contribution is -2.44. The van der Waals surface area contributed by atoms with E-state index in [4.69, 9.17) is 4.52 Å². The third-order valence-electron chi connectivity index (χ3n) is 4.77. The molecule has 2 heterocycles. The highest BCUT2D eigenvalue weighted by Gasteiger charge is 2.22. The minimum Gasteiger partial charge on any atom is -0.508 e. The zero-order valence-corrected chi connectivity index (χ0v) is 14.6. The fraction of sp³-hybridized carbons (Fsp3) is 0.474. The molecule has 1 aliphatic heterocycles. The van der Waals surface area contributed by atoms with Crippen LogP contribution >= 0.6 is 0 Å². The van der Waals surface area contributed by atoms with E-state index in [0.717, 1.165) is 44.5 Å². The van der Waals surface area contributed by atoms with Crippen LogP contribution in [-0.2, 0) is 13.0 Å². The summed E-state index contributed by atoms with van der Waals surface area (Å²) in [7, 11) is 0. The number of piperidine rings is 1. The summed E-state index contributed by atoms with van der Waals surface area (Å²) in [4.78, 5) is 14.1. The number of aromatic hydroxyl groups is 1. The van der Waals surface area contributed by atoms with E-state index in [-0.39, 0.29) is 6.03 Å². The van der Waals surface area contributed by atoms with E-state index in [1.54, 1.807) is 12.1 Å². The molecule has 1 saturated heterocycles. The smallest absolute Gasteiger partial charge is 0.317 e. The number of carbonyl (C=O) groups is 1.